The molecule has 2 aromatic rings. The number of aromatic nitrogens is 4. The first-order chi connectivity index (χ1) is 20.3. The van der Waals surface area contributed by atoms with Gasteiger partial charge in [0, 0.05) is 37.2 Å². The number of β-lactam (4-membered cyclic amide) rings is 1. The number of carboxylic acids is 1. The summed E-state index contributed by atoms with van der Waals surface area (Å²) in [7, 11) is -5.05. The number of thiazole rings is 1. The number of nitrogens with one attached hydrogen (secondary N) is 1. The molecule has 3 fully saturated rings. The Labute approximate surface area is 246 Å². The van der Waals surface area contributed by atoms with E-state index in [1.165, 1.54) is 16.5 Å². The molecule has 43 heavy (non-hydrogen) atoms. The molecule has 0 radical (unpaired) electrons. The topological polar surface area (TPSA) is 288 Å². The molecule has 1 aliphatic carbocycles. The Morgan fingerprint density at radius 3 is 2.58 bits per heavy atom. The third-order valence-electron chi connectivity index (χ3n) is 6.92. The maximum Gasteiger partial charge on any atom is 0.410 e. The Bertz CT molecular complexity index is 1580. The van der Waals surface area contributed by atoms with Crippen LogP contribution in [0.5, 0.6) is 0 Å². The highest BCUT2D eigenvalue weighted by molar-refractivity contribution is 7.84. The van der Waals surface area contributed by atoms with Gasteiger partial charge < -0.3 is 36.4 Å². The van der Waals surface area contributed by atoms with E-state index in [1.54, 1.807) is 0 Å². The molecule has 5 rings (SSSR count). The van der Waals surface area contributed by atoms with Crippen molar-refractivity contribution < 1.29 is 46.8 Å². The van der Waals surface area contributed by atoms with Gasteiger partial charge in [0.25, 0.3) is 11.8 Å². The van der Waals surface area contributed by atoms with Crippen LogP contribution in [0.2, 0.25) is 0 Å². The molecular weight excluding hydrogens is 616 g/mol. The molecule has 232 valence electrons. The van der Waals surface area contributed by atoms with Gasteiger partial charge in [0.05, 0.1) is 12.7 Å². The number of likely N-dealkylation sites (tertiary alicyclic amines) is 1. The Morgan fingerprint density at radius 2 is 2.00 bits per heavy atom. The number of nitrogen functional groups attached to an aromatic ring is 1. The van der Waals surface area contributed by atoms with Crippen molar-refractivity contribution in [2.24, 2.45) is 16.8 Å². The van der Waals surface area contributed by atoms with Gasteiger partial charge in [0.2, 0.25) is 5.60 Å². The normalized spacial score (nSPS) is 21.5. The Kier molecular flexibility index (Phi) is 7.93. The van der Waals surface area contributed by atoms with Crippen LogP contribution < -0.4 is 16.8 Å². The van der Waals surface area contributed by atoms with Crippen LogP contribution in [0.25, 0.3) is 0 Å². The fourth-order valence-electron chi connectivity index (χ4n) is 4.29. The third-order valence-corrected chi connectivity index (χ3v) is 8.54. The molecule has 0 bridgehead atoms. The maximum atomic E-state index is 13.2. The molecule has 1 saturated carbocycles. The molecule has 20 nitrogen and oxygen atoms in total. The summed E-state index contributed by atoms with van der Waals surface area (Å²) >= 11 is 0.953. The van der Waals surface area contributed by atoms with Crippen LogP contribution in [0.1, 0.15) is 24.2 Å². The molecule has 22 heteroatoms. The van der Waals surface area contributed by atoms with Gasteiger partial charge >= 0.3 is 22.4 Å². The van der Waals surface area contributed by atoms with Gasteiger partial charge in [-0.2, -0.15) is 23.4 Å². The van der Waals surface area contributed by atoms with E-state index in [2.05, 4.69) is 25.7 Å². The second-order valence-corrected chi connectivity index (χ2v) is 12.2. The van der Waals surface area contributed by atoms with Crippen molar-refractivity contribution in [1.29, 1.82) is 0 Å². The van der Waals surface area contributed by atoms with Crippen LogP contribution >= 0.6 is 11.3 Å². The summed E-state index contributed by atoms with van der Waals surface area (Å²) in [5, 5.41) is 24.8. The Hall–Kier alpha value is -4.41. The number of amides is 3. The molecule has 4 heterocycles. The average Bonchev–Trinajstić information content (AvgIpc) is 3.38. The SMILES string of the molecule is NCC1CN(C(=O)OCc2cnn(CC3C(NC(=O)/C(=N\OC4(C(=O)O)CC4)c4csc(N)n4)C(=O)N3S(=O)(=O)O)n2)C1. The molecule has 2 aliphatic heterocycles. The highest BCUT2D eigenvalue weighted by Gasteiger charge is 2.56. The summed E-state index contributed by atoms with van der Waals surface area (Å²) < 4.78 is 38.8. The first-order valence-corrected chi connectivity index (χ1v) is 14.9. The summed E-state index contributed by atoms with van der Waals surface area (Å²) in [6.07, 6.45) is 0.987. The van der Waals surface area contributed by atoms with Crippen molar-refractivity contribution in [3.63, 3.8) is 0 Å². The van der Waals surface area contributed by atoms with Crippen molar-refractivity contribution in [2.75, 3.05) is 25.4 Å². The highest BCUT2D eigenvalue weighted by Crippen LogP contribution is 2.40. The number of carboxylic acid groups (broad SMARTS) is 1. The fourth-order valence-corrected chi connectivity index (χ4v) is 5.71. The first kappa shape index (κ1) is 30.1. The molecule has 0 spiro atoms. The van der Waals surface area contributed by atoms with Crippen molar-refractivity contribution in [2.45, 2.75) is 43.7 Å². The minimum absolute atomic E-state index is 0.0564. The van der Waals surface area contributed by atoms with Crippen LogP contribution in [0.4, 0.5) is 9.93 Å². The second-order valence-electron chi connectivity index (χ2n) is 9.98. The molecular formula is C21H26N10O10S2. The van der Waals surface area contributed by atoms with E-state index in [0.717, 1.165) is 16.1 Å². The van der Waals surface area contributed by atoms with Crippen LogP contribution in [-0.4, -0.2) is 114 Å². The monoisotopic (exact) mass is 642 g/mol. The van der Waals surface area contributed by atoms with Gasteiger partial charge in [0.15, 0.2) is 10.8 Å². The van der Waals surface area contributed by atoms with E-state index >= 15 is 0 Å². The van der Waals surface area contributed by atoms with Crippen molar-refractivity contribution in [3.8, 4) is 0 Å². The number of carbonyl (C=O) groups is 4. The second kappa shape index (κ2) is 11.3. The number of hydrogen-bond acceptors (Lipinski definition) is 15. The number of ether oxygens (including phenoxy) is 1. The molecule has 7 N–H and O–H groups in total. The fraction of sp³-hybridized carbons (Fsp3) is 0.524. The zero-order valence-electron chi connectivity index (χ0n) is 22.1. The number of nitrogens with zero attached hydrogens (tertiary/aromatic N) is 7. The van der Waals surface area contributed by atoms with E-state index in [9.17, 15) is 37.3 Å². The van der Waals surface area contributed by atoms with Gasteiger partial charge in [-0.1, -0.05) is 5.16 Å². The molecule has 2 aromatic heterocycles. The largest absolute Gasteiger partial charge is 0.478 e. The average molecular weight is 643 g/mol. The predicted octanol–water partition coefficient (Wildman–Crippen LogP) is -2.62. The minimum Gasteiger partial charge on any atom is -0.478 e. The third kappa shape index (κ3) is 6.21. The smallest absolute Gasteiger partial charge is 0.410 e. The standard InChI is InChI=1S/C21H26N10O10S2/c22-3-10-5-29(6-10)20(36)40-8-11-4-24-30(27-11)7-13-15(17(33)31(13)43(37,38)39)26-16(32)14(12-9-42-19(23)25-12)28-41-21(1-2-21)18(34)35/h4,9-10,13,15H,1-3,5-8,22H2,(H2,23,25)(H,26,32)(H,34,35)(H,37,38,39)/b28-14-. The van der Waals surface area contributed by atoms with Crippen molar-refractivity contribution >= 4 is 56.4 Å². The summed E-state index contributed by atoms with van der Waals surface area (Å²) in [4.78, 5) is 61.1. The van der Waals surface area contributed by atoms with E-state index in [-0.39, 0.29) is 46.2 Å². The van der Waals surface area contributed by atoms with Crippen molar-refractivity contribution in [3.05, 3.63) is 23.0 Å². The van der Waals surface area contributed by atoms with E-state index in [1.807, 2.05) is 0 Å². The number of oxime groups is 1. The molecule has 2 atom stereocenters. The zero-order chi connectivity index (χ0) is 31.1. The molecule has 3 amide bonds. The maximum absolute atomic E-state index is 13.2. The number of rotatable bonds is 12. The Morgan fingerprint density at radius 1 is 1.28 bits per heavy atom. The quantitative estimate of drug-likeness (QED) is 0.0685. The highest BCUT2D eigenvalue weighted by atomic mass is 32.2. The lowest BCUT2D eigenvalue weighted by atomic mass is 9.98. The summed E-state index contributed by atoms with van der Waals surface area (Å²) in [6, 6.07) is -2.90. The number of aliphatic carboxylic acids is 1. The summed E-state index contributed by atoms with van der Waals surface area (Å²) in [5.41, 5.74) is 9.19. The zero-order valence-corrected chi connectivity index (χ0v) is 23.7. The summed E-state index contributed by atoms with van der Waals surface area (Å²) in [5.74, 6) is -3.30. The summed E-state index contributed by atoms with van der Waals surface area (Å²) in [6.45, 7) is 0.749. The Balaban J connectivity index is 1.28. The minimum atomic E-state index is -5.05. The molecule has 3 aliphatic rings. The predicted molar refractivity (Wildman–Crippen MR) is 142 cm³/mol. The number of anilines is 1. The van der Waals surface area contributed by atoms with Crippen LogP contribution in [0.15, 0.2) is 16.7 Å². The van der Waals surface area contributed by atoms with E-state index in [4.69, 9.17) is 21.0 Å². The van der Waals surface area contributed by atoms with Gasteiger partial charge in [0.1, 0.15) is 30.1 Å². The number of carbonyl (C=O) groups excluding carboxylic acids is 3. The number of nitrogens with two attached hydrogens (primary N) is 2. The van der Waals surface area contributed by atoms with E-state index < -0.39 is 64.1 Å². The molecule has 0 aromatic carbocycles. The van der Waals surface area contributed by atoms with Gasteiger partial charge in [-0.05, 0) is 6.54 Å². The number of hydrogen-bond donors (Lipinski definition) is 5. The van der Waals surface area contributed by atoms with Crippen molar-refractivity contribution in [1.82, 2.24) is 34.5 Å². The van der Waals surface area contributed by atoms with Gasteiger partial charge in [-0.3, -0.25) is 14.1 Å². The lowest BCUT2D eigenvalue weighted by Gasteiger charge is -2.43. The molecule has 2 unspecified atom stereocenters. The lowest BCUT2D eigenvalue weighted by Crippen LogP contribution is -2.73. The van der Waals surface area contributed by atoms with Crippen LogP contribution in [0.3, 0.4) is 0 Å². The van der Waals surface area contributed by atoms with Crippen LogP contribution in [-0.2, 0) is 47.4 Å². The first-order valence-electron chi connectivity index (χ1n) is 12.6. The molecule has 2 saturated heterocycles. The lowest BCUT2D eigenvalue weighted by molar-refractivity contribution is -0.153. The van der Waals surface area contributed by atoms with Gasteiger partial charge in [-0.15, -0.1) is 11.3 Å². The van der Waals surface area contributed by atoms with Gasteiger partial charge in [-0.25, -0.2) is 18.9 Å². The van der Waals surface area contributed by atoms with Crippen LogP contribution in [0, 0.1) is 5.92 Å². The van der Waals surface area contributed by atoms with E-state index in [0.29, 0.717) is 19.6 Å².